The van der Waals surface area contributed by atoms with E-state index >= 15 is 0 Å². The van der Waals surface area contributed by atoms with Crippen molar-refractivity contribution in [1.29, 1.82) is 0 Å². The lowest BCUT2D eigenvalue weighted by molar-refractivity contribution is -0.134. The summed E-state index contributed by atoms with van der Waals surface area (Å²) in [7, 11) is 0. The first-order chi connectivity index (χ1) is 18.3. The van der Waals surface area contributed by atoms with E-state index in [1.165, 1.54) is 12.5 Å². The second-order valence-corrected chi connectivity index (χ2v) is 10.8. The lowest BCUT2D eigenvalue weighted by Crippen LogP contribution is -2.54. The number of allylic oxidation sites excluding steroid dienone is 2. The molecule has 1 fully saturated rings. The number of nitrogens with zero attached hydrogens (tertiary/aromatic N) is 1. The molecule has 0 radical (unpaired) electrons. The summed E-state index contributed by atoms with van der Waals surface area (Å²) in [5.74, 6) is 0.989. The van der Waals surface area contributed by atoms with E-state index in [1.807, 2.05) is 24.3 Å². The highest BCUT2D eigenvalue weighted by Crippen LogP contribution is 2.35. The molecule has 2 aromatic carbocycles. The molecule has 2 N–H and O–H groups in total. The molecular formula is C32H41N3O3. The summed E-state index contributed by atoms with van der Waals surface area (Å²) in [4.78, 5) is 26.9. The average Bonchev–Trinajstić information content (AvgIpc) is 2.90. The zero-order valence-corrected chi connectivity index (χ0v) is 22.9. The summed E-state index contributed by atoms with van der Waals surface area (Å²) in [5, 5.41) is 6.36. The van der Waals surface area contributed by atoms with Crippen molar-refractivity contribution >= 4 is 11.8 Å². The van der Waals surface area contributed by atoms with E-state index in [9.17, 15) is 9.59 Å². The minimum atomic E-state index is -0.249. The van der Waals surface area contributed by atoms with Crippen molar-refractivity contribution in [3.05, 3.63) is 89.5 Å². The number of carbonyl (C=O) groups is 2. The molecule has 0 saturated carbocycles. The summed E-state index contributed by atoms with van der Waals surface area (Å²) in [6, 6.07) is 16.8. The zero-order valence-electron chi connectivity index (χ0n) is 22.9. The number of amides is 2. The molecule has 2 unspecified atom stereocenters. The van der Waals surface area contributed by atoms with Crippen molar-refractivity contribution in [2.75, 3.05) is 26.2 Å². The first-order valence-corrected chi connectivity index (χ1v) is 13.7. The largest absolute Gasteiger partial charge is 0.485 e. The van der Waals surface area contributed by atoms with E-state index in [0.717, 1.165) is 49.4 Å². The molecule has 38 heavy (non-hydrogen) atoms. The van der Waals surface area contributed by atoms with Gasteiger partial charge < -0.3 is 20.3 Å². The maximum Gasteiger partial charge on any atom is 0.223 e. The molecule has 6 heteroatoms. The highest BCUT2D eigenvalue weighted by atomic mass is 16.5. The van der Waals surface area contributed by atoms with Crippen LogP contribution in [0, 0.1) is 12.3 Å². The Labute approximate surface area is 227 Å². The molecule has 0 aromatic heterocycles. The molecule has 202 valence electrons. The molecule has 0 bridgehead atoms. The molecule has 2 aliphatic rings. The van der Waals surface area contributed by atoms with E-state index in [-0.39, 0.29) is 29.4 Å². The third-order valence-corrected chi connectivity index (χ3v) is 7.62. The van der Waals surface area contributed by atoms with Gasteiger partial charge in [-0.1, -0.05) is 73.2 Å². The molecule has 1 saturated heterocycles. The SMILES string of the molecule is CC(=O)NCC[C@]1(C)C=CC=CC1Oc1ccc(C)cc1CCC(=O)N1CCNCC1Cc1ccccc1. The highest BCUT2D eigenvalue weighted by Gasteiger charge is 2.34. The number of hydrogen-bond acceptors (Lipinski definition) is 4. The number of piperazine rings is 1. The second-order valence-electron chi connectivity index (χ2n) is 10.8. The Morgan fingerprint density at radius 1 is 1.16 bits per heavy atom. The van der Waals surface area contributed by atoms with Gasteiger partial charge in [0, 0.05) is 51.0 Å². The van der Waals surface area contributed by atoms with Crippen LogP contribution in [0.3, 0.4) is 0 Å². The van der Waals surface area contributed by atoms with Gasteiger partial charge in [0.25, 0.3) is 0 Å². The first-order valence-electron chi connectivity index (χ1n) is 13.7. The van der Waals surface area contributed by atoms with Crippen molar-refractivity contribution < 1.29 is 14.3 Å². The molecule has 0 spiro atoms. The van der Waals surface area contributed by atoms with Gasteiger partial charge in [0.05, 0.1) is 0 Å². The van der Waals surface area contributed by atoms with E-state index in [1.54, 1.807) is 0 Å². The van der Waals surface area contributed by atoms with Crippen molar-refractivity contribution in [3.8, 4) is 5.75 Å². The summed E-state index contributed by atoms with van der Waals surface area (Å²) in [6.07, 6.45) is 10.8. The smallest absolute Gasteiger partial charge is 0.223 e. The Balaban J connectivity index is 1.43. The predicted octanol–water partition coefficient (Wildman–Crippen LogP) is 4.38. The lowest BCUT2D eigenvalue weighted by atomic mass is 9.78. The van der Waals surface area contributed by atoms with Gasteiger partial charge in [-0.3, -0.25) is 9.59 Å². The van der Waals surface area contributed by atoms with Gasteiger partial charge in [0.1, 0.15) is 11.9 Å². The Morgan fingerprint density at radius 3 is 2.76 bits per heavy atom. The standard InChI is InChI=1S/C32H41N3O3/c1-24-12-14-29(38-30-11-7-8-16-32(30,3)17-18-34-25(2)36)27(21-24)13-15-31(37)35-20-19-33-23-28(35)22-26-9-5-4-6-10-26/h4-12,14,16,21,28,30,33H,13,15,17-20,22-23H2,1-3H3,(H,34,36)/t28?,30?,32-/m0/s1. The summed E-state index contributed by atoms with van der Waals surface area (Å²) < 4.78 is 6.61. The molecule has 1 heterocycles. The Morgan fingerprint density at radius 2 is 1.97 bits per heavy atom. The van der Waals surface area contributed by atoms with Gasteiger partial charge in [-0.15, -0.1) is 0 Å². The number of rotatable bonds is 10. The topological polar surface area (TPSA) is 70.7 Å². The van der Waals surface area contributed by atoms with Crippen LogP contribution in [-0.4, -0.2) is 55.0 Å². The second kappa shape index (κ2) is 12.9. The maximum atomic E-state index is 13.4. The normalized spacial score (nSPS) is 22.8. The number of aryl methyl sites for hydroxylation is 2. The van der Waals surface area contributed by atoms with Crippen LogP contribution in [0.15, 0.2) is 72.8 Å². The number of carbonyl (C=O) groups excluding carboxylic acids is 2. The molecule has 1 aliphatic carbocycles. The maximum absolute atomic E-state index is 13.4. The van der Waals surface area contributed by atoms with Crippen molar-refractivity contribution in [2.45, 2.75) is 58.6 Å². The third-order valence-electron chi connectivity index (χ3n) is 7.62. The summed E-state index contributed by atoms with van der Waals surface area (Å²) >= 11 is 0. The monoisotopic (exact) mass is 515 g/mol. The van der Waals surface area contributed by atoms with Crippen LogP contribution in [0.4, 0.5) is 0 Å². The molecule has 1 aliphatic heterocycles. The van der Waals surface area contributed by atoms with Gasteiger partial charge in [-0.05, 0) is 49.5 Å². The molecule has 3 atom stereocenters. The quantitative estimate of drug-likeness (QED) is 0.493. The van der Waals surface area contributed by atoms with E-state index in [4.69, 9.17) is 4.74 Å². The van der Waals surface area contributed by atoms with Crippen LogP contribution in [-0.2, 0) is 22.4 Å². The van der Waals surface area contributed by atoms with Crippen molar-refractivity contribution in [2.24, 2.45) is 5.41 Å². The average molecular weight is 516 g/mol. The van der Waals surface area contributed by atoms with Gasteiger partial charge >= 0.3 is 0 Å². The van der Waals surface area contributed by atoms with Crippen LogP contribution < -0.4 is 15.4 Å². The predicted molar refractivity (Wildman–Crippen MR) is 152 cm³/mol. The summed E-state index contributed by atoms with van der Waals surface area (Å²) in [6.45, 7) is 8.74. The Hall–Kier alpha value is -3.38. The molecule has 2 amide bonds. The van der Waals surface area contributed by atoms with Crippen molar-refractivity contribution in [1.82, 2.24) is 15.5 Å². The van der Waals surface area contributed by atoms with E-state index in [0.29, 0.717) is 19.4 Å². The lowest BCUT2D eigenvalue weighted by Gasteiger charge is -2.37. The van der Waals surface area contributed by atoms with E-state index < -0.39 is 0 Å². The van der Waals surface area contributed by atoms with Gasteiger partial charge in [-0.2, -0.15) is 0 Å². The zero-order chi connectivity index (χ0) is 27.0. The number of hydrogen-bond donors (Lipinski definition) is 2. The number of nitrogens with one attached hydrogen (secondary N) is 2. The highest BCUT2D eigenvalue weighted by molar-refractivity contribution is 5.77. The molecule has 6 nitrogen and oxygen atoms in total. The fraction of sp³-hybridized carbons (Fsp3) is 0.438. The van der Waals surface area contributed by atoms with Crippen LogP contribution in [0.25, 0.3) is 0 Å². The van der Waals surface area contributed by atoms with Gasteiger partial charge in [-0.25, -0.2) is 0 Å². The van der Waals surface area contributed by atoms with E-state index in [2.05, 4.69) is 77.9 Å². The minimum Gasteiger partial charge on any atom is -0.485 e. The number of benzene rings is 2. The molecule has 4 rings (SSSR count). The van der Waals surface area contributed by atoms with Crippen molar-refractivity contribution in [3.63, 3.8) is 0 Å². The fourth-order valence-corrected chi connectivity index (χ4v) is 5.36. The third kappa shape index (κ3) is 7.35. The first kappa shape index (κ1) is 27.6. The molecule has 2 aromatic rings. The minimum absolute atomic E-state index is 0.0256. The van der Waals surface area contributed by atoms with Crippen LogP contribution in [0.5, 0.6) is 5.75 Å². The van der Waals surface area contributed by atoms with Gasteiger partial charge in [0.15, 0.2) is 0 Å². The fourth-order valence-electron chi connectivity index (χ4n) is 5.36. The number of ether oxygens (including phenoxy) is 1. The Bertz CT molecular complexity index is 1160. The molecular weight excluding hydrogens is 474 g/mol. The Kier molecular flexibility index (Phi) is 9.40. The van der Waals surface area contributed by atoms with Gasteiger partial charge in [0.2, 0.25) is 11.8 Å². The van der Waals surface area contributed by atoms with Crippen LogP contribution >= 0.6 is 0 Å². The van der Waals surface area contributed by atoms with Crippen LogP contribution in [0.1, 0.15) is 43.4 Å². The summed E-state index contributed by atoms with van der Waals surface area (Å²) in [5.41, 5.74) is 3.21. The van der Waals surface area contributed by atoms with Crippen LogP contribution in [0.2, 0.25) is 0 Å².